The third kappa shape index (κ3) is 1.90. The van der Waals surface area contributed by atoms with Crippen LogP contribution >= 0.6 is 0 Å². The van der Waals surface area contributed by atoms with E-state index in [-0.39, 0.29) is 12.1 Å². The minimum Gasteiger partial charge on any atom is -0.453 e. The molecule has 1 fully saturated rings. The highest BCUT2D eigenvalue weighted by molar-refractivity contribution is 5.81. The van der Waals surface area contributed by atoms with Gasteiger partial charge in [-0.05, 0) is 18.6 Å². The molecule has 0 bridgehead atoms. The Morgan fingerprint density at radius 3 is 3.00 bits per heavy atom. The molecule has 1 aliphatic rings. The largest absolute Gasteiger partial charge is 0.453 e. The van der Waals surface area contributed by atoms with Crippen LogP contribution in [0.15, 0.2) is 39.3 Å². The molecular formula is C14H13N3O3. The van der Waals surface area contributed by atoms with Gasteiger partial charge in [-0.2, -0.15) is 4.98 Å². The summed E-state index contributed by atoms with van der Waals surface area (Å²) < 4.78 is 10.9. The zero-order chi connectivity index (χ0) is 13.5. The smallest absolute Gasteiger partial charge is 0.244 e. The van der Waals surface area contributed by atoms with Crippen LogP contribution in [0.5, 0.6) is 0 Å². The van der Waals surface area contributed by atoms with Crippen molar-refractivity contribution < 1.29 is 14.0 Å². The number of hydrogen-bond donors (Lipinski definition) is 2. The van der Waals surface area contributed by atoms with Crippen molar-refractivity contribution in [3.63, 3.8) is 0 Å². The maximum atomic E-state index is 9.51. The van der Waals surface area contributed by atoms with E-state index in [1.807, 2.05) is 30.3 Å². The van der Waals surface area contributed by atoms with Crippen LogP contribution in [0, 0.1) is 0 Å². The van der Waals surface area contributed by atoms with Gasteiger partial charge in [-0.25, -0.2) is 0 Å². The highest BCUT2D eigenvalue weighted by Crippen LogP contribution is 2.28. The van der Waals surface area contributed by atoms with Crippen molar-refractivity contribution in [2.75, 3.05) is 6.54 Å². The first-order chi connectivity index (χ1) is 9.79. The molecule has 6 heteroatoms. The van der Waals surface area contributed by atoms with Gasteiger partial charge in [0.05, 0.1) is 12.1 Å². The lowest BCUT2D eigenvalue weighted by molar-refractivity contribution is 0.191. The average Bonchev–Trinajstić information content (AvgIpc) is 3.16. The topological polar surface area (TPSA) is 84.3 Å². The maximum Gasteiger partial charge on any atom is 0.244 e. The first kappa shape index (κ1) is 11.6. The molecule has 0 unspecified atom stereocenters. The number of aromatic nitrogens is 2. The summed E-state index contributed by atoms with van der Waals surface area (Å²) in [5, 5.41) is 17.6. The van der Waals surface area contributed by atoms with Crippen molar-refractivity contribution >= 4 is 11.0 Å². The van der Waals surface area contributed by atoms with Crippen LogP contribution in [0.25, 0.3) is 22.6 Å². The summed E-state index contributed by atoms with van der Waals surface area (Å²) in [7, 11) is 0. The Kier molecular flexibility index (Phi) is 2.58. The van der Waals surface area contributed by atoms with Crippen molar-refractivity contribution in [3.05, 3.63) is 36.2 Å². The predicted molar refractivity (Wildman–Crippen MR) is 70.9 cm³/mol. The van der Waals surface area contributed by atoms with Gasteiger partial charge in [0.2, 0.25) is 11.7 Å². The summed E-state index contributed by atoms with van der Waals surface area (Å²) in [4.78, 5) is 4.35. The van der Waals surface area contributed by atoms with E-state index in [4.69, 9.17) is 8.94 Å². The lowest BCUT2D eigenvalue weighted by Crippen LogP contribution is -2.15. The number of rotatable bonds is 2. The number of para-hydroxylation sites is 1. The molecule has 1 aromatic carbocycles. The van der Waals surface area contributed by atoms with Crippen molar-refractivity contribution in [3.8, 4) is 11.6 Å². The van der Waals surface area contributed by atoms with Crippen LogP contribution in [0.3, 0.4) is 0 Å². The van der Waals surface area contributed by atoms with Crippen molar-refractivity contribution in [1.82, 2.24) is 15.5 Å². The third-order valence-corrected chi connectivity index (χ3v) is 3.49. The molecular weight excluding hydrogens is 258 g/mol. The molecule has 2 aromatic heterocycles. The molecule has 2 N–H and O–H groups in total. The van der Waals surface area contributed by atoms with Gasteiger partial charge in [0.1, 0.15) is 5.58 Å². The molecule has 4 rings (SSSR count). The highest BCUT2D eigenvalue weighted by Gasteiger charge is 2.28. The molecule has 2 atom stereocenters. The lowest BCUT2D eigenvalue weighted by Gasteiger charge is -2.01. The van der Waals surface area contributed by atoms with E-state index in [0.29, 0.717) is 30.4 Å². The van der Waals surface area contributed by atoms with Crippen LogP contribution in [0.4, 0.5) is 0 Å². The van der Waals surface area contributed by atoms with Crippen LogP contribution in [0.2, 0.25) is 0 Å². The van der Waals surface area contributed by atoms with Crippen molar-refractivity contribution in [2.45, 2.75) is 18.6 Å². The second-order valence-corrected chi connectivity index (χ2v) is 4.96. The highest BCUT2D eigenvalue weighted by atomic mass is 16.5. The van der Waals surface area contributed by atoms with Gasteiger partial charge in [-0.3, -0.25) is 0 Å². The molecule has 102 valence electrons. The molecule has 1 aliphatic heterocycles. The summed E-state index contributed by atoms with van der Waals surface area (Å²) >= 11 is 0. The Morgan fingerprint density at radius 1 is 1.30 bits per heavy atom. The van der Waals surface area contributed by atoms with Gasteiger partial charge in [-0.15, -0.1) is 0 Å². The number of β-amino-alcohol motifs (C(OH)–C–C–N with tert-alkyl or cyclic N) is 1. The zero-order valence-corrected chi connectivity index (χ0v) is 10.6. The van der Waals surface area contributed by atoms with Crippen LogP contribution in [-0.4, -0.2) is 27.9 Å². The van der Waals surface area contributed by atoms with E-state index in [1.165, 1.54) is 0 Å². The monoisotopic (exact) mass is 271 g/mol. The number of hydrogen-bond acceptors (Lipinski definition) is 6. The van der Waals surface area contributed by atoms with Gasteiger partial charge in [0.15, 0.2) is 5.76 Å². The summed E-state index contributed by atoms with van der Waals surface area (Å²) in [6.45, 7) is 0.549. The molecule has 0 saturated carbocycles. The van der Waals surface area contributed by atoms with E-state index >= 15 is 0 Å². The second kappa shape index (κ2) is 4.43. The number of nitrogens with zero attached hydrogens (tertiary/aromatic N) is 2. The molecule has 3 heterocycles. The number of furan rings is 1. The van der Waals surface area contributed by atoms with E-state index in [1.54, 1.807) is 0 Å². The summed E-state index contributed by atoms with van der Waals surface area (Å²) in [6, 6.07) is 9.54. The summed E-state index contributed by atoms with van der Waals surface area (Å²) in [5.74, 6) is 1.50. The molecule has 0 radical (unpaired) electrons. The average molecular weight is 271 g/mol. The van der Waals surface area contributed by atoms with Gasteiger partial charge >= 0.3 is 0 Å². The fraction of sp³-hybridized carbons (Fsp3) is 0.286. The predicted octanol–water partition coefficient (Wildman–Crippen LogP) is 1.88. The van der Waals surface area contributed by atoms with E-state index in [9.17, 15) is 5.11 Å². The number of aliphatic hydroxyl groups is 1. The normalized spacial score (nSPS) is 22.6. The van der Waals surface area contributed by atoms with Gasteiger partial charge in [0, 0.05) is 11.9 Å². The standard InChI is InChI=1S/C14H13N3O3/c18-9-6-10(15-7-9)14-16-13(17-20-14)12-5-8-3-1-2-4-11(8)19-12/h1-5,9-10,15,18H,6-7H2/t9-,10+/m1/s1. The number of aliphatic hydroxyl groups excluding tert-OH is 1. The lowest BCUT2D eigenvalue weighted by atomic mass is 10.2. The van der Waals surface area contributed by atoms with Crippen LogP contribution < -0.4 is 5.32 Å². The van der Waals surface area contributed by atoms with E-state index < -0.39 is 0 Å². The number of benzene rings is 1. The minimum atomic E-state index is -0.360. The minimum absolute atomic E-state index is 0.0874. The molecule has 3 aromatic rings. The molecule has 20 heavy (non-hydrogen) atoms. The van der Waals surface area contributed by atoms with Gasteiger partial charge in [0.25, 0.3) is 0 Å². The van der Waals surface area contributed by atoms with Crippen LogP contribution in [0.1, 0.15) is 18.4 Å². The van der Waals surface area contributed by atoms with Gasteiger partial charge < -0.3 is 19.4 Å². The van der Waals surface area contributed by atoms with E-state index in [0.717, 1.165) is 11.0 Å². The van der Waals surface area contributed by atoms with Gasteiger partial charge in [-0.1, -0.05) is 23.4 Å². The molecule has 1 saturated heterocycles. The Hall–Kier alpha value is -2.18. The quantitative estimate of drug-likeness (QED) is 0.740. The third-order valence-electron chi connectivity index (χ3n) is 3.49. The Morgan fingerprint density at radius 2 is 2.20 bits per heavy atom. The molecule has 0 amide bonds. The molecule has 0 spiro atoms. The maximum absolute atomic E-state index is 9.51. The first-order valence-electron chi connectivity index (χ1n) is 6.53. The molecule has 6 nitrogen and oxygen atoms in total. The zero-order valence-electron chi connectivity index (χ0n) is 10.6. The Bertz CT molecular complexity index is 716. The SMILES string of the molecule is O[C@H]1CN[C@H](c2nc(-c3cc4ccccc4o3)no2)C1. The Balaban J connectivity index is 1.67. The summed E-state index contributed by atoms with van der Waals surface area (Å²) in [5.41, 5.74) is 0.795. The molecule has 0 aliphatic carbocycles. The van der Waals surface area contributed by atoms with Crippen LogP contribution in [-0.2, 0) is 0 Å². The first-order valence-corrected chi connectivity index (χ1v) is 6.53. The van der Waals surface area contributed by atoms with E-state index in [2.05, 4.69) is 15.5 Å². The van der Waals surface area contributed by atoms with Crippen molar-refractivity contribution in [1.29, 1.82) is 0 Å². The van der Waals surface area contributed by atoms with Crippen molar-refractivity contribution in [2.24, 2.45) is 0 Å². The fourth-order valence-electron chi connectivity index (χ4n) is 2.47. The summed E-state index contributed by atoms with van der Waals surface area (Å²) in [6.07, 6.45) is 0.225. The number of nitrogens with one attached hydrogen (secondary N) is 1. The fourth-order valence-corrected chi connectivity index (χ4v) is 2.47. The Labute approximate surface area is 114 Å². The second-order valence-electron chi connectivity index (χ2n) is 4.96. The number of fused-ring (bicyclic) bond motifs is 1.